The number of aryl methyl sites for hydroxylation is 1. The van der Waals surface area contributed by atoms with Crippen LogP contribution in [0.2, 0.25) is 0 Å². The van der Waals surface area contributed by atoms with Crippen LogP contribution in [-0.2, 0) is 6.54 Å². The molecular formula is C15H22N2S. The van der Waals surface area contributed by atoms with E-state index in [1.54, 1.807) is 0 Å². The van der Waals surface area contributed by atoms with Gasteiger partial charge in [-0.05, 0) is 30.4 Å². The zero-order valence-corrected chi connectivity index (χ0v) is 12.3. The Morgan fingerprint density at radius 2 is 2.17 bits per heavy atom. The molecule has 1 atom stereocenters. The van der Waals surface area contributed by atoms with Crippen molar-refractivity contribution in [3.63, 3.8) is 0 Å². The predicted molar refractivity (Wildman–Crippen MR) is 81.2 cm³/mol. The first-order chi connectivity index (χ1) is 8.66. The normalized spacial score (nSPS) is 22.2. The fourth-order valence-electron chi connectivity index (χ4n) is 2.09. The lowest BCUT2D eigenvalue weighted by atomic mass is 10.0. The second kappa shape index (κ2) is 6.28. The van der Waals surface area contributed by atoms with Crippen molar-refractivity contribution in [2.45, 2.75) is 39.8 Å². The van der Waals surface area contributed by atoms with E-state index in [0.29, 0.717) is 12.0 Å². The molecular weight excluding hydrogens is 240 g/mol. The van der Waals surface area contributed by atoms with Crippen molar-refractivity contribution in [3.8, 4) is 0 Å². The zero-order chi connectivity index (χ0) is 13.0. The first-order valence-electron chi connectivity index (χ1n) is 6.65. The van der Waals surface area contributed by atoms with Gasteiger partial charge in [-0.3, -0.25) is 4.99 Å². The first-order valence-corrected chi connectivity index (χ1v) is 7.63. The summed E-state index contributed by atoms with van der Waals surface area (Å²) in [7, 11) is 0. The molecule has 1 heterocycles. The molecule has 3 heteroatoms. The van der Waals surface area contributed by atoms with Crippen molar-refractivity contribution < 1.29 is 0 Å². The van der Waals surface area contributed by atoms with Gasteiger partial charge >= 0.3 is 0 Å². The van der Waals surface area contributed by atoms with Gasteiger partial charge in [0, 0.05) is 11.8 Å². The summed E-state index contributed by atoms with van der Waals surface area (Å²) in [5, 5.41) is 4.67. The molecule has 98 valence electrons. The number of hydrogen-bond donors (Lipinski definition) is 1. The summed E-state index contributed by atoms with van der Waals surface area (Å²) in [6.45, 7) is 7.47. The molecule has 0 saturated carbocycles. The van der Waals surface area contributed by atoms with Gasteiger partial charge in [0.15, 0.2) is 5.17 Å². The van der Waals surface area contributed by atoms with Gasteiger partial charge in [-0.25, -0.2) is 0 Å². The number of aliphatic imine (C=N–C) groups is 1. The van der Waals surface area contributed by atoms with Crippen molar-refractivity contribution in [3.05, 3.63) is 35.4 Å². The van der Waals surface area contributed by atoms with Gasteiger partial charge in [-0.2, -0.15) is 0 Å². The van der Waals surface area contributed by atoms with Crippen molar-refractivity contribution in [1.29, 1.82) is 0 Å². The van der Waals surface area contributed by atoms with E-state index in [1.807, 2.05) is 11.8 Å². The van der Waals surface area contributed by atoms with E-state index >= 15 is 0 Å². The Labute approximate surface area is 114 Å². The van der Waals surface area contributed by atoms with E-state index < -0.39 is 0 Å². The van der Waals surface area contributed by atoms with E-state index in [0.717, 1.165) is 11.7 Å². The molecule has 1 aliphatic rings. The van der Waals surface area contributed by atoms with Crippen molar-refractivity contribution in [2.24, 2.45) is 10.9 Å². The summed E-state index contributed by atoms with van der Waals surface area (Å²) in [4.78, 5) is 4.72. The molecule has 1 unspecified atom stereocenters. The standard InChI is InChI=1S/C15H22N2S/c1-11(2)14-8-9-18-15(17-14)16-10-13-7-5-4-6-12(13)3/h4-7,11,14H,8-10H2,1-3H3,(H,16,17). The van der Waals surface area contributed by atoms with E-state index in [1.165, 1.54) is 23.3 Å². The topological polar surface area (TPSA) is 24.4 Å². The van der Waals surface area contributed by atoms with Crippen molar-refractivity contribution >= 4 is 16.9 Å². The van der Waals surface area contributed by atoms with Gasteiger partial charge in [0.25, 0.3) is 0 Å². The van der Waals surface area contributed by atoms with Crippen LogP contribution in [0.4, 0.5) is 0 Å². The molecule has 0 bridgehead atoms. The third-order valence-corrected chi connectivity index (χ3v) is 4.40. The summed E-state index contributed by atoms with van der Waals surface area (Å²) >= 11 is 1.85. The van der Waals surface area contributed by atoms with Crippen LogP contribution < -0.4 is 5.32 Å². The maximum atomic E-state index is 4.72. The van der Waals surface area contributed by atoms with Gasteiger partial charge in [0.05, 0.1) is 6.54 Å². The summed E-state index contributed by atoms with van der Waals surface area (Å²) < 4.78 is 0. The Kier molecular flexibility index (Phi) is 4.70. The predicted octanol–water partition coefficient (Wildman–Crippen LogP) is 3.60. The Hall–Kier alpha value is -0.960. The number of nitrogens with zero attached hydrogens (tertiary/aromatic N) is 1. The number of amidine groups is 1. The van der Waals surface area contributed by atoms with E-state index in [-0.39, 0.29) is 0 Å². The lowest BCUT2D eigenvalue weighted by molar-refractivity contribution is 0.442. The molecule has 2 nitrogen and oxygen atoms in total. The fourth-order valence-corrected chi connectivity index (χ4v) is 3.05. The lowest BCUT2D eigenvalue weighted by Gasteiger charge is -2.28. The summed E-state index contributed by atoms with van der Waals surface area (Å²) in [5.74, 6) is 1.86. The van der Waals surface area contributed by atoms with Gasteiger partial charge < -0.3 is 5.32 Å². The van der Waals surface area contributed by atoms with Crippen LogP contribution in [0.15, 0.2) is 29.3 Å². The number of hydrogen-bond acceptors (Lipinski definition) is 2. The van der Waals surface area contributed by atoms with Gasteiger partial charge in [-0.15, -0.1) is 0 Å². The summed E-state index contributed by atoms with van der Waals surface area (Å²) in [5.41, 5.74) is 2.64. The molecule has 0 aromatic heterocycles. The minimum absolute atomic E-state index is 0.585. The average molecular weight is 262 g/mol. The van der Waals surface area contributed by atoms with Gasteiger partial charge in [0.1, 0.15) is 0 Å². The molecule has 2 rings (SSSR count). The van der Waals surface area contributed by atoms with Gasteiger partial charge in [-0.1, -0.05) is 49.9 Å². The van der Waals surface area contributed by atoms with Crippen LogP contribution in [-0.4, -0.2) is 17.0 Å². The third-order valence-electron chi connectivity index (χ3n) is 3.44. The maximum absolute atomic E-state index is 4.72. The molecule has 0 radical (unpaired) electrons. The van der Waals surface area contributed by atoms with E-state index in [4.69, 9.17) is 4.99 Å². The highest BCUT2D eigenvalue weighted by Crippen LogP contribution is 2.19. The smallest absolute Gasteiger partial charge is 0.157 e. The number of thioether (sulfide) groups is 1. The second-order valence-electron chi connectivity index (χ2n) is 5.18. The summed E-state index contributed by atoms with van der Waals surface area (Å²) in [6.07, 6.45) is 1.24. The molecule has 0 amide bonds. The highest BCUT2D eigenvalue weighted by Gasteiger charge is 2.19. The van der Waals surface area contributed by atoms with Crippen LogP contribution in [0.5, 0.6) is 0 Å². The van der Waals surface area contributed by atoms with Crippen LogP contribution in [0.3, 0.4) is 0 Å². The number of benzene rings is 1. The molecule has 18 heavy (non-hydrogen) atoms. The maximum Gasteiger partial charge on any atom is 0.157 e. The van der Waals surface area contributed by atoms with Crippen molar-refractivity contribution in [2.75, 3.05) is 5.75 Å². The van der Waals surface area contributed by atoms with Crippen LogP contribution in [0, 0.1) is 12.8 Å². The van der Waals surface area contributed by atoms with Crippen LogP contribution in [0.1, 0.15) is 31.4 Å². The molecule has 1 aromatic carbocycles. The highest BCUT2D eigenvalue weighted by molar-refractivity contribution is 8.13. The van der Waals surface area contributed by atoms with E-state index in [2.05, 4.69) is 50.4 Å². The molecule has 0 aliphatic carbocycles. The monoisotopic (exact) mass is 262 g/mol. The Balaban J connectivity index is 1.99. The lowest BCUT2D eigenvalue weighted by Crippen LogP contribution is -2.41. The number of rotatable bonds is 3. The summed E-state index contributed by atoms with van der Waals surface area (Å²) in [6, 6.07) is 9.05. The SMILES string of the molecule is Cc1ccccc1CN=C1NC(C(C)C)CCS1. The molecule has 1 N–H and O–H groups in total. The number of nitrogens with one attached hydrogen (secondary N) is 1. The Bertz CT molecular complexity index is 426. The van der Waals surface area contributed by atoms with E-state index in [9.17, 15) is 0 Å². The molecule has 1 saturated heterocycles. The molecule has 1 aliphatic heterocycles. The Morgan fingerprint density at radius 3 is 2.89 bits per heavy atom. The second-order valence-corrected chi connectivity index (χ2v) is 6.26. The molecule has 1 fully saturated rings. The molecule has 1 aromatic rings. The third kappa shape index (κ3) is 3.52. The van der Waals surface area contributed by atoms with Gasteiger partial charge in [0.2, 0.25) is 0 Å². The minimum Gasteiger partial charge on any atom is -0.362 e. The largest absolute Gasteiger partial charge is 0.362 e. The van der Waals surface area contributed by atoms with Crippen LogP contribution in [0.25, 0.3) is 0 Å². The first kappa shape index (κ1) is 13.5. The van der Waals surface area contributed by atoms with Crippen LogP contribution >= 0.6 is 11.8 Å². The quantitative estimate of drug-likeness (QED) is 0.900. The zero-order valence-electron chi connectivity index (χ0n) is 11.4. The highest BCUT2D eigenvalue weighted by atomic mass is 32.2. The fraction of sp³-hybridized carbons (Fsp3) is 0.533. The Morgan fingerprint density at radius 1 is 1.39 bits per heavy atom. The van der Waals surface area contributed by atoms with Crippen molar-refractivity contribution in [1.82, 2.24) is 5.32 Å². The average Bonchev–Trinajstić information content (AvgIpc) is 2.38. The molecule has 0 spiro atoms. The minimum atomic E-state index is 0.585.